The maximum Gasteiger partial charge on any atom is 0.328 e. The van der Waals surface area contributed by atoms with Crippen molar-refractivity contribution < 1.29 is 19.4 Å². The van der Waals surface area contributed by atoms with Crippen molar-refractivity contribution in [2.24, 2.45) is 5.92 Å². The zero-order valence-electron chi connectivity index (χ0n) is 11.0. The summed E-state index contributed by atoms with van der Waals surface area (Å²) in [5, 5.41) is 12.1. The fraction of sp³-hybridized carbons (Fsp3) is 0.429. The van der Waals surface area contributed by atoms with Crippen LogP contribution in [0.25, 0.3) is 0 Å². The van der Waals surface area contributed by atoms with E-state index in [0.717, 1.165) is 5.56 Å². The van der Waals surface area contributed by atoms with Gasteiger partial charge in [0.2, 0.25) is 5.91 Å². The third-order valence-electron chi connectivity index (χ3n) is 3.35. The first-order chi connectivity index (χ1) is 9.52. The van der Waals surface area contributed by atoms with Crippen LogP contribution in [0, 0.1) is 5.92 Å². The van der Waals surface area contributed by atoms with Crippen molar-refractivity contribution in [3.8, 4) is 0 Å². The molecule has 0 aromatic heterocycles. The molecule has 0 radical (unpaired) electrons. The summed E-state index contributed by atoms with van der Waals surface area (Å²) in [5.41, 5.74) is 1.01. The van der Waals surface area contributed by atoms with E-state index in [9.17, 15) is 9.59 Å². The number of carboxylic acid groups (broad SMARTS) is 1. The number of halogens is 1. The lowest BCUT2D eigenvalue weighted by atomic mass is 10.1. The van der Waals surface area contributed by atoms with Crippen LogP contribution in [0.3, 0.4) is 0 Å². The third-order valence-corrected chi connectivity index (χ3v) is 3.59. The molecule has 0 saturated heterocycles. The molecule has 20 heavy (non-hydrogen) atoms. The lowest BCUT2D eigenvalue weighted by Gasteiger charge is -2.13. The van der Waals surface area contributed by atoms with E-state index in [1.807, 2.05) is 18.2 Å². The number of methoxy groups -OCH3 is 1. The quantitative estimate of drug-likeness (QED) is 0.837. The van der Waals surface area contributed by atoms with Crippen LogP contribution in [-0.4, -0.2) is 36.7 Å². The lowest BCUT2D eigenvalue weighted by molar-refractivity contribution is -0.143. The smallest absolute Gasteiger partial charge is 0.328 e. The number of carbonyl (C=O) groups excluding carboxylic acids is 1. The second kappa shape index (κ2) is 6.24. The van der Waals surface area contributed by atoms with Crippen molar-refractivity contribution in [3.05, 3.63) is 34.9 Å². The predicted octanol–water partition coefficient (Wildman–Crippen LogP) is 1.66. The van der Waals surface area contributed by atoms with Crippen molar-refractivity contribution >= 4 is 23.5 Å². The molecular formula is C14H16ClNO4. The van der Waals surface area contributed by atoms with E-state index >= 15 is 0 Å². The number of hydrogen-bond acceptors (Lipinski definition) is 3. The average Bonchev–Trinajstić information content (AvgIpc) is 3.18. The van der Waals surface area contributed by atoms with Crippen LogP contribution in [0.2, 0.25) is 5.02 Å². The highest BCUT2D eigenvalue weighted by molar-refractivity contribution is 6.30. The maximum atomic E-state index is 12.0. The number of nitrogens with one attached hydrogen (secondary N) is 1. The van der Waals surface area contributed by atoms with Gasteiger partial charge in [-0.15, -0.1) is 0 Å². The summed E-state index contributed by atoms with van der Waals surface area (Å²) < 4.78 is 4.78. The summed E-state index contributed by atoms with van der Waals surface area (Å²) in [4.78, 5) is 23.0. The molecule has 0 heterocycles. The van der Waals surface area contributed by atoms with E-state index in [2.05, 4.69) is 5.32 Å². The molecule has 1 amide bonds. The Morgan fingerprint density at radius 3 is 2.90 bits per heavy atom. The monoisotopic (exact) mass is 297 g/mol. The lowest BCUT2D eigenvalue weighted by Crippen LogP contribution is -2.44. The number of carbonyl (C=O) groups is 2. The molecule has 1 saturated carbocycles. The fourth-order valence-corrected chi connectivity index (χ4v) is 2.41. The molecule has 1 aliphatic rings. The number of carboxylic acids is 1. The molecule has 1 aromatic carbocycles. The highest BCUT2D eigenvalue weighted by Crippen LogP contribution is 2.47. The largest absolute Gasteiger partial charge is 0.480 e. The third kappa shape index (κ3) is 3.49. The van der Waals surface area contributed by atoms with E-state index in [0.29, 0.717) is 11.4 Å². The minimum atomic E-state index is -1.10. The topological polar surface area (TPSA) is 75.6 Å². The normalized spacial score (nSPS) is 22.1. The standard InChI is InChI=1S/C14H16ClNO4/c1-20-7-12(14(18)19)16-13(17)11-6-10(11)8-3-2-4-9(15)5-8/h2-5,10-12H,6-7H2,1H3,(H,16,17)(H,18,19). The Balaban J connectivity index is 1.94. The molecule has 5 nitrogen and oxygen atoms in total. The van der Waals surface area contributed by atoms with E-state index in [-0.39, 0.29) is 24.3 Å². The minimum absolute atomic E-state index is 0.0460. The van der Waals surface area contributed by atoms with Gasteiger partial charge < -0.3 is 15.2 Å². The van der Waals surface area contributed by atoms with E-state index < -0.39 is 12.0 Å². The number of rotatable bonds is 6. The zero-order chi connectivity index (χ0) is 14.7. The molecule has 2 rings (SSSR count). The summed E-state index contributed by atoms with van der Waals surface area (Å²) in [6.07, 6.45) is 0.714. The fourth-order valence-electron chi connectivity index (χ4n) is 2.21. The Morgan fingerprint density at radius 1 is 1.55 bits per heavy atom. The Hall–Kier alpha value is -1.59. The first-order valence-electron chi connectivity index (χ1n) is 6.30. The molecular weight excluding hydrogens is 282 g/mol. The Morgan fingerprint density at radius 2 is 2.30 bits per heavy atom. The summed E-state index contributed by atoms with van der Waals surface area (Å²) >= 11 is 5.92. The zero-order valence-corrected chi connectivity index (χ0v) is 11.8. The summed E-state index contributed by atoms with van der Waals surface area (Å²) in [6.45, 7) is -0.0460. The van der Waals surface area contributed by atoms with Crippen LogP contribution in [0.1, 0.15) is 17.9 Å². The van der Waals surface area contributed by atoms with Crippen molar-refractivity contribution in [1.82, 2.24) is 5.32 Å². The van der Waals surface area contributed by atoms with Crippen molar-refractivity contribution in [2.45, 2.75) is 18.4 Å². The molecule has 1 aliphatic carbocycles. The van der Waals surface area contributed by atoms with E-state index in [1.54, 1.807) is 6.07 Å². The van der Waals surface area contributed by atoms with Crippen LogP contribution in [0.5, 0.6) is 0 Å². The molecule has 1 aromatic rings. The molecule has 1 fully saturated rings. The summed E-state index contributed by atoms with van der Waals surface area (Å²) in [6, 6.07) is 6.38. The van der Waals surface area contributed by atoms with Crippen LogP contribution in [0.4, 0.5) is 0 Å². The van der Waals surface area contributed by atoms with Gasteiger partial charge in [-0.3, -0.25) is 4.79 Å². The van der Waals surface area contributed by atoms with Gasteiger partial charge >= 0.3 is 5.97 Å². The van der Waals surface area contributed by atoms with E-state index in [4.69, 9.17) is 21.4 Å². The number of aliphatic carboxylic acids is 1. The van der Waals surface area contributed by atoms with Gasteiger partial charge in [0.15, 0.2) is 6.04 Å². The Bertz CT molecular complexity index is 520. The molecule has 0 spiro atoms. The average molecular weight is 298 g/mol. The predicted molar refractivity (Wildman–Crippen MR) is 73.7 cm³/mol. The molecule has 0 bridgehead atoms. The van der Waals surface area contributed by atoms with Gasteiger partial charge in [0, 0.05) is 18.1 Å². The maximum absolute atomic E-state index is 12.0. The van der Waals surface area contributed by atoms with Gasteiger partial charge in [-0.2, -0.15) is 0 Å². The Kier molecular flexibility index (Phi) is 4.62. The number of benzene rings is 1. The molecule has 2 N–H and O–H groups in total. The second-order valence-electron chi connectivity index (χ2n) is 4.86. The van der Waals surface area contributed by atoms with Crippen molar-refractivity contribution in [1.29, 1.82) is 0 Å². The molecule has 3 atom stereocenters. The molecule has 108 valence electrons. The second-order valence-corrected chi connectivity index (χ2v) is 5.29. The summed E-state index contributed by atoms with van der Waals surface area (Å²) in [7, 11) is 1.40. The van der Waals surface area contributed by atoms with Crippen LogP contribution >= 0.6 is 11.6 Å². The summed E-state index contributed by atoms with van der Waals surface area (Å²) in [5.74, 6) is -1.42. The van der Waals surface area contributed by atoms with Crippen LogP contribution in [0.15, 0.2) is 24.3 Å². The van der Waals surface area contributed by atoms with Crippen molar-refractivity contribution in [2.75, 3.05) is 13.7 Å². The highest BCUT2D eigenvalue weighted by atomic mass is 35.5. The van der Waals surface area contributed by atoms with Crippen LogP contribution in [-0.2, 0) is 14.3 Å². The van der Waals surface area contributed by atoms with E-state index in [1.165, 1.54) is 7.11 Å². The molecule has 3 unspecified atom stereocenters. The van der Waals surface area contributed by atoms with Gasteiger partial charge in [-0.25, -0.2) is 4.79 Å². The SMILES string of the molecule is COCC(NC(=O)C1CC1c1cccc(Cl)c1)C(=O)O. The van der Waals surface area contributed by atoms with Gasteiger partial charge in [-0.05, 0) is 30.0 Å². The molecule has 0 aliphatic heterocycles. The van der Waals surface area contributed by atoms with Crippen molar-refractivity contribution in [3.63, 3.8) is 0 Å². The molecule has 6 heteroatoms. The minimum Gasteiger partial charge on any atom is -0.480 e. The number of hydrogen-bond donors (Lipinski definition) is 2. The van der Waals surface area contributed by atoms with Gasteiger partial charge in [0.1, 0.15) is 0 Å². The number of ether oxygens (including phenoxy) is 1. The first kappa shape index (κ1) is 14.8. The highest BCUT2D eigenvalue weighted by Gasteiger charge is 2.44. The van der Waals surface area contributed by atoms with Gasteiger partial charge in [-0.1, -0.05) is 23.7 Å². The number of amides is 1. The van der Waals surface area contributed by atoms with Crippen LogP contribution < -0.4 is 5.32 Å². The Labute approximate surface area is 121 Å². The first-order valence-corrected chi connectivity index (χ1v) is 6.68. The van der Waals surface area contributed by atoms with Gasteiger partial charge in [0.25, 0.3) is 0 Å². The van der Waals surface area contributed by atoms with Gasteiger partial charge in [0.05, 0.1) is 6.61 Å².